The highest BCUT2D eigenvalue weighted by atomic mass is 32.2. The predicted octanol–water partition coefficient (Wildman–Crippen LogP) is 4.86. The SMILES string of the molecule is C=C(C)C(=O)OCCNC(=O)OCC(F)(F)S(=O)(=O)O.CC(C)(C)c1ccc(C2CCCS2)cc1. The average molecular weight is 538 g/mol. The molecule has 2 N–H and O–H groups in total. The first-order chi connectivity index (χ1) is 16.0. The Kier molecular flexibility index (Phi) is 11.7. The molecule has 2 rings (SSSR count). The zero-order valence-electron chi connectivity index (χ0n) is 20.3. The van der Waals surface area contributed by atoms with Crippen LogP contribution >= 0.6 is 11.8 Å². The standard InChI is InChI=1S/C14H20S.C9H13F2NO7S/c1-14(2,3)12-8-6-11(7-9-12)13-5-4-10-15-13;1-6(2)7(13)18-4-3-12-8(14)19-5-9(10,11)20(15,16)17/h6-9,13H,4-5,10H2,1-3H3;1,3-5H2,2H3,(H,12,14)(H,15,16,17). The monoisotopic (exact) mass is 537 g/mol. The molecule has 0 aromatic heterocycles. The first-order valence-corrected chi connectivity index (χ1v) is 13.3. The van der Waals surface area contributed by atoms with Gasteiger partial charge < -0.3 is 14.8 Å². The van der Waals surface area contributed by atoms with E-state index >= 15 is 0 Å². The highest BCUT2D eigenvalue weighted by Gasteiger charge is 2.45. The number of hydrogen-bond donors (Lipinski definition) is 2. The van der Waals surface area contributed by atoms with Crippen molar-refractivity contribution in [1.29, 1.82) is 0 Å². The number of ether oxygens (including phenoxy) is 2. The molecule has 1 aliphatic rings. The van der Waals surface area contributed by atoms with Crippen molar-refractivity contribution in [2.75, 3.05) is 25.5 Å². The van der Waals surface area contributed by atoms with Gasteiger partial charge in [-0.3, -0.25) is 4.55 Å². The van der Waals surface area contributed by atoms with Crippen molar-refractivity contribution in [3.05, 3.63) is 47.5 Å². The minimum atomic E-state index is -5.66. The third kappa shape index (κ3) is 11.0. The van der Waals surface area contributed by atoms with Crippen LogP contribution in [0.25, 0.3) is 0 Å². The fraction of sp³-hybridized carbons (Fsp3) is 0.565. The van der Waals surface area contributed by atoms with E-state index in [-0.39, 0.29) is 24.1 Å². The van der Waals surface area contributed by atoms with Crippen LogP contribution in [-0.4, -0.2) is 55.8 Å². The molecule has 1 aliphatic heterocycles. The maximum atomic E-state index is 12.7. The van der Waals surface area contributed by atoms with Crippen molar-refractivity contribution in [2.45, 2.75) is 56.5 Å². The number of rotatable bonds is 8. The third-order valence-electron chi connectivity index (χ3n) is 4.78. The number of carbonyl (C=O) groups excluding carboxylic acids is 2. The maximum absolute atomic E-state index is 12.7. The lowest BCUT2D eigenvalue weighted by Crippen LogP contribution is -2.37. The van der Waals surface area contributed by atoms with Crippen LogP contribution in [0.2, 0.25) is 0 Å². The number of esters is 1. The Morgan fingerprint density at radius 2 is 1.80 bits per heavy atom. The summed E-state index contributed by atoms with van der Waals surface area (Å²) in [5.74, 6) is 0.643. The van der Waals surface area contributed by atoms with Gasteiger partial charge in [0.05, 0.1) is 6.54 Å². The number of thioether (sulfide) groups is 1. The molecular weight excluding hydrogens is 504 g/mol. The predicted molar refractivity (Wildman–Crippen MR) is 131 cm³/mol. The molecule has 8 nitrogen and oxygen atoms in total. The van der Waals surface area contributed by atoms with E-state index in [0.29, 0.717) is 0 Å². The Labute approximate surface area is 209 Å². The molecule has 1 heterocycles. The van der Waals surface area contributed by atoms with Crippen molar-refractivity contribution >= 4 is 33.9 Å². The zero-order chi connectivity index (χ0) is 26.9. The second-order valence-corrected chi connectivity index (χ2v) is 11.8. The van der Waals surface area contributed by atoms with E-state index in [0.717, 1.165) is 5.25 Å². The van der Waals surface area contributed by atoms with E-state index in [4.69, 9.17) is 4.55 Å². The van der Waals surface area contributed by atoms with Crippen LogP contribution in [0.1, 0.15) is 56.9 Å². The topological polar surface area (TPSA) is 119 Å². The Morgan fingerprint density at radius 3 is 2.26 bits per heavy atom. The van der Waals surface area contributed by atoms with Crippen molar-refractivity contribution in [3.63, 3.8) is 0 Å². The molecule has 12 heteroatoms. The Morgan fingerprint density at radius 1 is 1.20 bits per heavy atom. The summed E-state index contributed by atoms with van der Waals surface area (Å²) in [5, 5.41) is -1.91. The molecule has 198 valence electrons. The molecule has 0 saturated carbocycles. The van der Waals surface area contributed by atoms with Gasteiger partial charge in [0.25, 0.3) is 0 Å². The lowest BCUT2D eigenvalue weighted by Gasteiger charge is -2.20. The van der Waals surface area contributed by atoms with Gasteiger partial charge in [0.1, 0.15) is 6.61 Å². The first-order valence-electron chi connectivity index (χ1n) is 10.8. The van der Waals surface area contributed by atoms with E-state index in [9.17, 15) is 26.8 Å². The minimum absolute atomic E-state index is 0.139. The fourth-order valence-corrected chi connectivity index (χ4v) is 4.24. The highest BCUT2D eigenvalue weighted by Crippen LogP contribution is 2.40. The van der Waals surface area contributed by atoms with Crippen LogP contribution in [0, 0.1) is 0 Å². The molecule has 1 fully saturated rings. The molecular formula is C23H33F2NO7S2. The summed E-state index contributed by atoms with van der Waals surface area (Å²) in [6.07, 6.45) is 1.38. The van der Waals surface area contributed by atoms with E-state index in [1.807, 2.05) is 5.32 Å². The van der Waals surface area contributed by atoms with Gasteiger partial charge in [-0.05, 0) is 42.1 Å². The molecule has 1 aromatic carbocycles. The summed E-state index contributed by atoms with van der Waals surface area (Å²) in [5.41, 5.74) is 3.38. The van der Waals surface area contributed by atoms with Gasteiger partial charge in [-0.15, -0.1) is 0 Å². The molecule has 1 atom stereocenters. The van der Waals surface area contributed by atoms with Crippen molar-refractivity contribution < 1.29 is 40.8 Å². The molecule has 1 aromatic rings. The summed E-state index contributed by atoms with van der Waals surface area (Å²) in [7, 11) is -5.66. The first kappa shape index (κ1) is 30.9. The maximum Gasteiger partial charge on any atom is 0.407 e. The lowest BCUT2D eigenvalue weighted by atomic mass is 9.86. The molecule has 1 unspecified atom stereocenters. The molecule has 35 heavy (non-hydrogen) atoms. The van der Waals surface area contributed by atoms with Gasteiger partial charge in [0.15, 0.2) is 6.61 Å². The Hall–Kier alpha value is -2.18. The second-order valence-electron chi connectivity index (χ2n) is 8.91. The van der Waals surface area contributed by atoms with Crippen LogP contribution in [0.5, 0.6) is 0 Å². The van der Waals surface area contributed by atoms with Gasteiger partial charge in [0.2, 0.25) is 0 Å². The number of nitrogens with one attached hydrogen (secondary N) is 1. The number of alkyl carbamates (subject to hydrolysis) is 1. The summed E-state index contributed by atoms with van der Waals surface area (Å²) in [4.78, 5) is 21.8. The third-order valence-corrected chi connectivity index (χ3v) is 7.09. The average Bonchev–Trinajstić information content (AvgIpc) is 3.29. The second kappa shape index (κ2) is 13.2. The van der Waals surface area contributed by atoms with Gasteiger partial charge in [-0.1, -0.05) is 51.6 Å². The van der Waals surface area contributed by atoms with Gasteiger partial charge in [0, 0.05) is 10.8 Å². The van der Waals surface area contributed by atoms with Gasteiger partial charge in [-0.25, -0.2) is 9.59 Å². The highest BCUT2D eigenvalue weighted by molar-refractivity contribution is 7.99. The minimum Gasteiger partial charge on any atom is -0.460 e. The van der Waals surface area contributed by atoms with E-state index in [2.05, 4.69) is 72.9 Å². The fourth-order valence-electron chi connectivity index (χ4n) is 2.73. The number of alkyl halides is 2. The zero-order valence-corrected chi connectivity index (χ0v) is 21.9. The van der Waals surface area contributed by atoms with Gasteiger partial charge >= 0.3 is 27.4 Å². The lowest BCUT2D eigenvalue weighted by molar-refractivity contribution is -0.138. The molecule has 0 spiro atoms. The van der Waals surface area contributed by atoms with E-state index < -0.39 is 34.0 Å². The smallest absolute Gasteiger partial charge is 0.407 e. The molecule has 1 saturated heterocycles. The van der Waals surface area contributed by atoms with Crippen molar-refractivity contribution in [2.24, 2.45) is 0 Å². The number of hydrogen-bond acceptors (Lipinski definition) is 7. The van der Waals surface area contributed by atoms with E-state index in [1.54, 1.807) is 0 Å². The van der Waals surface area contributed by atoms with Crippen molar-refractivity contribution in [3.8, 4) is 0 Å². The van der Waals surface area contributed by atoms with E-state index in [1.165, 1.54) is 36.6 Å². The quantitative estimate of drug-likeness (QED) is 0.209. The number of amides is 1. The molecule has 0 bridgehead atoms. The van der Waals surface area contributed by atoms with Crippen LogP contribution < -0.4 is 5.32 Å². The Bertz CT molecular complexity index is 969. The summed E-state index contributed by atoms with van der Waals surface area (Å²) < 4.78 is 62.3. The van der Waals surface area contributed by atoms with Crippen LogP contribution in [0.4, 0.5) is 13.6 Å². The van der Waals surface area contributed by atoms with Crippen molar-refractivity contribution in [1.82, 2.24) is 5.32 Å². The Balaban J connectivity index is 0.000000362. The van der Waals surface area contributed by atoms with Crippen LogP contribution in [0.15, 0.2) is 36.4 Å². The summed E-state index contributed by atoms with van der Waals surface area (Å²) in [6, 6.07) is 9.25. The number of benzene rings is 1. The molecule has 1 amide bonds. The molecule has 0 radical (unpaired) electrons. The van der Waals surface area contributed by atoms with Crippen LogP contribution in [-0.2, 0) is 29.8 Å². The number of carbonyl (C=O) groups is 2. The normalized spacial score (nSPS) is 16.0. The summed E-state index contributed by atoms with van der Waals surface area (Å²) in [6.45, 7) is 9.17. The van der Waals surface area contributed by atoms with Gasteiger partial charge in [-0.2, -0.15) is 29.0 Å². The van der Waals surface area contributed by atoms with Crippen LogP contribution in [0.3, 0.4) is 0 Å². The largest absolute Gasteiger partial charge is 0.460 e. The summed E-state index contributed by atoms with van der Waals surface area (Å²) >= 11 is 2.11. The molecule has 0 aliphatic carbocycles. The number of halogens is 2.